The minimum absolute atomic E-state index is 0.0343. The fourth-order valence-corrected chi connectivity index (χ4v) is 5.21. The lowest BCUT2D eigenvalue weighted by atomic mass is 9.95. The SMILES string of the molecule is O=C(c1cc2c(F)cccc2s1)N1CCC(C(=O)N2CCCCCC2)CC1. The Labute approximate surface area is 162 Å². The van der Waals surface area contributed by atoms with Gasteiger partial charge in [0.1, 0.15) is 5.82 Å². The van der Waals surface area contributed by atoms with E-state index in [2.05, 4.69) is 0 Å². The van der Waals surface area contributed by atoms with E-state index in [4.69, 9.17) is 0 Å². The van der Waals surface area contributed by atoms with E-state index in [1.165, 1.54) is 30.2 Å². The van der Waals surface area contributed by atoms with Crippen molar-refractivity contribution in [3.63, 3.8) is 0 Å². The second-order valence-electron chi connectivity index (χ2n) is 7.57. The molecule has 0 radical (unpaired) electrons. The highest BCUT2D eigenvalue weighted by Gasteiger charge is 2.31. The van der Waals surface area contributed by atoms with Crippen LogP contribution in [0.15, 0.2) is 24.3 Å². The van der Waals surface area contributed by atoms with Crippen molar-refractivity contribution >= 4 is 33.2 Å². The number of nitrogens with zero attached hydrogens (tertiary/aromatic N) is 2. The van der Waals surface area contributed by atoms with Crippen LogP contribution in [-0.4, -0.2) is 47.8 Å². The summed E-state index contributed by atoms with van der Waals surface area (Å²) in [5.41, 5.74) is 0. The number of carbonyl (C=O) groups is 2. The molecule has 144 valence electrons. The van der Waals surface area contributed by atoms with Gasteiger partial charge in [-0.15, -0.1) is 11.3 Å². The summed E-state index contributed by atoms with van der Waals surface area (Å²) in [4.78, 5) is 30.0. The number of thiophene rings is 1. The molecule has 0 N–H and O–H groups in total. The Morgan fingerprint density at radius 3 is 2.33 bits per heavy atom. The van der Waals surface area contributed by atoms with Crippen LogP contribution in [0.3, 0.4) is 0 Å². The van der Waals surface area contributed by atoms with Crippen LogP contribution in [0.5, 0.6) is 0 Å². The minimum Gasteiger partial charge on any atom is -0.342 e. The maximum atomic E-state index is 13.9. The van der Waals surface area contributed by atoms with Crippen LogP contribution in [0.4, 0.5) is 4.39 Å². The topological polar surface area (TPSA) is 40.6 Å². The van der Waals surface area contributed by atoms with Crippen LogP contribution in [0, 0.1) is 11.7 Å². The molecular formula is C21H25FN2O2S. The lowest BCUT2D eigenvalue weighted by Gasteiger charge is -2.33. The monoisotopic (exact) mass is 388 g/mol. The van der Waals surface area contributed by atoms with Gasteiger partial charge in [-0.2, -0.15) is 0 Å². The standard InChI is InChI=1S/C21H25FN2O2S/c22-17-6-5-7-18-16(17)14-19(27-18)21(26)24-12-8-15(9-13-24)20(25)23-10-3-1-2-4-11-23/h5-7,14-15H,1-4,8-13H2. The third kappa shape index (κ3) is 3.86. The molecule has 6 heteroatoms. The largest absolute Gasteiger partial charge is 0.342 e. The van der Waals surface area contributed by atoms with Crippen molar-refractivity contribution in [3.05, 3.63) is 35.0 Å². The number of piperidine rings is 1. The molecular weight excluding hydrogens is 363 g/mol. The Morgan fingerprint density at radius 2 is 1.67 bits per heavy atom. The summed E-state index contributed by atoms with van der Waals surface area (Å²) in [6.07, 6.45) is 6.08. The zero-order valence-electron chi connectivity index (χ0n) is 15.5. The van der Waals surface area contributed by atoms with Gasteiger partial charge in [-0.3, -0.25) is 9.59 Å². The lowest BCUT2D eigenvalue weighted by molar-refractivity contribution is -0.136. The summed E-state index contributed by atoms with van der Waals surface area (Å²) < 4.78 is 14.7. The summed E-state index contributed by atoms with van der Waals surface area (Å²) in [6.45, 7) is 2.95. The maximum Gasteiger partial charge on any atom is 0.263 e. The molecule has 2 aromatic rings. The number of likely N-dealkylation sites (tertiary alicyclic amines) is 2. The average molecular weight is 389 g/mol. The Kier molecular flexibility index (Phi) is 5.43. The number of hydrogen-bond acceptors (Lipinski definition) is 3. The van der Waals surface area contributed by atoms with Crippen molar-refractivity contribution in [2.45, 2.75) is 38.5 Å². The normalized spacial score (nSPS) is 19.3. The predicted octanol–water partition coefficient (Wildman–Crippen LogP) is 4.30. The first kappa shape index (κ1) is 18.4. The summed E-state index contributed by atoms with van der Waals surface area (Å²) >= 11 is 1.34. The van der Waals surface area contributed by atoms with E-state index in [0.29, 0.717) is 23.4 Å². The quantitative estimate of drug-likeness (QED) is 0.770. The van der Waals surface area contributed by atoms with Crippen molar-refractivity contribution in [1.29, 1.82) is 0 Å². The minimum atomic E-state index is -0.287. The second kappa shape index (κ2) is 7.97. The number of fused-ring (bicyclic) bond motifs is 1. The van der Waals surface area contributed by atoms with Crippen LogP contribution in [0.2, 0.25) is 0 Å². The van der Waals surface area contributed by atoms with Gasteiger partial charge < -0.3 is 9.80 Å². The Morgan fingerprint density at radius 1 is 0.963 bits per heavy atom. The Balaban J connectivity index is 1.38. The average Bonchev–Trinajstić information content (AvgIpc) is 2.95. The van der Waals surface area contributed by atoms with Gasteiger partial charge in [0, 0.05) is 42.2 Å². The molecule has 4 nitrogen and oxygen atoms in total. The van der Waals surface area contributed by atoms with Crippen LogP contribution in [0.25, 0.3) is 10.1 Å². The van der Waals surface area contributed by atoms with Gasteiger partial charge in [-0.05, 0) is 43.9 Å². The molecule has 2 fully saturated rings. The van der Waals surface area contributed by atoms with Crippen molar-refractivity contribution in [1.82, 2.24) is 9.80 Å². The molecule has 2 aliphatic heterocycles. The van der Waals surface area contributed by atoms with Crippen molar-refractivity contribution < 1.29 is 14.0 Å². The van der Waals surface area contributed by atoms with E-state index in [-0.39, 0.29) is 23.5 Å². The zero-order valence-corrected chi connectivity index (χ0v) is 16.3. The highest BCUT2D eigenvalue weighted by atomic mass is 32.1. The maximum absolute atomic E-state index is 13.9. The fourth-order valence-electron chi connectivity index (χ4n) is 4.17. The molecule has 1 aromatic carbocycles. The molecule has 1 aromatic heterocycles. The van der Waals surface area contributed by atoms with Crippen molar-refractivity contribution in [2.75, 3.05) is 26.2 Å². The summed E-state index contributed by atoms with van der Waals surface area (Å²) in [5.74, 6) is -0.0271. The molecule has 3 heterocycles. The van der Waals surface area contributed by atoms with Gasteiger partial charge in [0.05, 0.1) is 4.88 Å². The van der Waals surface area contributed by atoms with E-state index in [1.54, 1.807) is 12.1 Å². The van der Waals surface area contributed by atoms with Crippen LogP contribution in [-0.2, 0) is 4.79 Å². The van der Waals surface area contributed by atoms with Gasteiger partial charge in [-0.25, -0.2) is 4.39 Å². The van der Waals surface area contributed by atoms with E-state index >= 15 is 0 Å². The van der Waals surface area contributed by atoms with Gasteiger partial charge >= 0.3 is 0 Å². The first-order valence-electron chi connectivity index (χ1n) is 9.89. The summed E-state index contributed by atoms with van der Waals surface area (Å²) in [5, 5.41) is 0.511. The smallest absolute Gasteiger partial charge is 0.263 e. The van der Waals surface area contributed by atoms with Crippen molar-refractivity contribution in [3.8, 4) is 0 Å². The van der Waals surface area contributed by atoms with Gasteiger partial charge in [0.25, 0.3) is 5.91 Å². The van der Waals surface area contributed by atoms with E-state index in [1.807, 2.05) is 15.9 Å². The second-order valence-corrected chi connectivity index (χ2v) is 8.65. The van der Waals surface area contributed by atoms with Crippen LogP contribution in [0.1, 0.15) is 48.2 Å². The third-order valence-electron chi connectivity index (χ3n) is 5.77. The zero-order chi connectivity index (χ0) is 18.8. The van der Waals surface area contributed by atoms with Crippen molar-refractivity contribution in [2.24, 2.45) is 5.92 Å². The molecule has 27 heavy (non-hydrogen) atoms. The molecule has 0 unspecified atom stereocenters. The van der Waals surface area contributed by atoms with E-state index < -0.39 is 0 Å². The number of rotatable bonds is 2. The van der Waals surface area contributed by atoms with Gasteiger partial charge in [0.2, 0.25) is 5.91 Å². The first-order chi connectivity index (χ1) is 13.1. The lowest BCUT2D eigenvalue weighted by Crippen LogP contribution is -2.44. The molecule has 4 rings (SSSR count). The third-order valence-corrected chi connectivity index (χ3v) is 6.86. The number of halogens is 1. The van der Waals surface area contributed by atoms with Crippen LogP contribution < -0.4 is 0 Å². The Bertz CT molecular complexity index is 834. The Hall–Kier alpha value is -1.95. The molecule has 0 spiro atoms. The highest BCUT2D eigenvalue weighted by Crippen LogP contribution is 2.30. The summed E-state index contributed by atoms with van der Waals surface area (Å²) in [7, 11) is 0. The molecule has 2 amide bonds. The van der Waals surface area contributed by atoms with E-state index in [9.17, 15) is 14.0 Å². The molecule has 2 saturated heterocycles. The molecule has 0 atom stereocenters. The first-order valence-corrected chi connectivity index (χ1v) is 10.7. The predicted molar refractivity (Wildman–Crippen MR) is 105 cm³/mol. The molecule has 0 saturated carbocycles. The van der Waals surface area contributed by atoms with Crippen LogP contribution >= 0.6 is 11.3 Å². The fraction of sp³-hybridized carbons (Fsp3) is 0.524. The number of benzene rings is 1. The van der Waals surface area contributed by atoms with E-state index in [0.717, 1.165) is 43.5 Å². The van der Waals surface area contributed by atoms with Gasteiger partial charge in [-0.1, -0.05) is 18.9 Å². The van der Waals surface area contributed by atoms with Gasteiger partial charge in [0.15, 0.2) is 0 Å². The molecule has 0 bridgehead atoms. The summed E-state index contributed by atoms with van der Waals surface area (Å²) in [6, 6.07) is 6.59. The molecule has 2 aliphatic rings. The number of amides is 2. The number of carbonyl (C=O) groups excluding carboxylic acids is 2. The number of hydrogen-bond donors (Lipinski definition) is 0. The highest BCUT2D eigenvalue weighted by molar-refractivity contribution is 7.20. The molecule has 0 aliphatic carbocycles.